The van der Waals surface area contributed by atoms with Gasteiger partial charge in [0.05, 0.1) is 32.0 Å². The van der Waals surface area contributed by atoms with Crippen molar-refractivity contribution in [1.82, 2.24) is 9.37 Å². The largest absolute Gasteiger partial charge is 0.377 e. The quantitative estimate of drug-likeness (QED) is 0.739. The van der Waals surface area contributed by atoms with Crippen LogP contribution in [0.25, 0.3) is 0 Å². The Kier molecular flexibility index (Phi) is 4.72. The third-order valence-corrected chi connectivity index (χ3v) is 6.15. The number of amides is 1. The molecule has 0 bridgehead atoms. The molecule has 0 N–H and O–H groups in total. The van der Waals surface area contributed by atoms with Gasteiger partial charge in [-0.2, -0.15) is 0 Å². The van der Waals surface area contributed by atoms with Crippen LogP contribution in [-0.4, -0.2) is 68.9 Å². The first kappa shape index (κ1) is 16.2. The van der Waals surface area contributed by atoms with Gasteiger partial charge in [0, 0.05) is 25.6 Å². The van der Waals surface area contributed by atoms with E-state index in [-0.39, 0.29) is 23.8 Å². The molecule has 1 amide bonds. The lowest BCUT2D eigenvalue weighted by Gasteiger charge is -2.34. The van der Waals surface area contributed by atoms with E-state index in [0.29, 0.717) is 39.3 Å². The number of piperidine rings is 1. The second-order valence-corrected chi connectivity index (χ2v) is 8.43. The number of ether oxygens (including phenoxy) is 1. The lowest BCUT2D eigenvalue weighted by atomic mass is 9.84. The van der Waals surface area contributed by atoms with Gasteiger partial charge in [-0.3, -0.25) is 9.63 Å². The van der Waals surface area contributed by atoms with Crippen LogP contribution in [0.5, 0.6) is 0 Å². The van der Waals surface area contributed by atoms with Crippen LogP contribution in [-0.2, 0) is 24.4 Å². The Bertz CT molecular complexity index is 517. The van der Waals surface area contributed by atoms with Gasteiger partial charge in [-0.1, -0.05) is 0 Å². The second-order valence-electron chi connectivity index (χ2n) is 6.45. The number of nitrogens with zero attached hydrogens (tertiary/aromatic N) is 2. The Balaban J connectivity index is 1.56. The van der Waals surface area contributed by atoms with E-state index < -0.39 is 10.0 Å². The molecule has 3 fully saturated rings. The van der Waals surface area contributed by atoms with E-state index >= 15 is 0 Å². The Morgan fingerprint density at radius 3 is 2.77 bits per heavy atom. The molecule has 0 saturated carbocycles. The van der Waals surface area contributed by atoms with Gasteiger partial charge in [0.15, 0.2) is 0 Å². The Hall–Kier alpha value is -0.700. The molecule has 3 aliphatic heterocycles. The standard InChI is InChI=1S/C14H24N2O5S/c1-22(18,19)15-6-4-12-11(9-15)10-20-13(12)8-14(17)16-5-2-3-7-21-16/h11-13H,2-10H2,1H3/t11-,12-,13-/m1/s1. The lowest BCUT2D eigenvalue weighted by molar-refractivity contribution is -0.199. The minimum Gasteiger partial charge on any atom is -0.377 e. The van der Waals surface area contributed by atoms with Gasteiger partial charge in [0.25, 0.3) is 0 Å². The van der Waals surface area contributed by atoms with E-state index in [2.05, 4.69) is 0 Å². The second kappa shape index (κ2) is 6.43. The molecule has 8 heteroatoms. The van der Waals surface area contributed by atoms with Gasteiger partial charge in [-0.15, -0.1) is 0 Å². The van der Waals surface area contributed by atoms with Crippen molar-refractivity contribution in [2.24, 2.45) is 11.8 Å². The van der Waals surface area contributed by atoms with Crippen molar-refractivity contribution in [3.05, 3.63) is 0 Å². The van der Waals surface area contributed by atoms with Crippen LogP contribution in [0.3, 0.4) is 0 Å². The molecule has 3 heterocycles. The molecule has 0 radical (unpaired) electrons. The van der Waals surface area contributed by atoms with Crippen LogP contribution in [0.2, 0.25) is 0 Å². The molecule has 0 aromatic rings. The topological polar surface area (TPSA) is 76.2 Å². The molecular formula is C14H24N2O5S. The number of carbonyl (C=O) groups excluding carboxylic acids is 1. The summed E-state index contributed by atoms with van der Waals surface area (Å²) in [6, 6.07) is 0. The molecular weight excluding hydrogens is 308 g/mol. The zero-order valence-corrected chi connectivity index (χ0v) is 13.8. The molecule has 3 rings (SSSR count). The SMILES string of the molecule is CS(=O)(=O)N1CC[C@@H]2[C@@H](CO[C@@H]2CC(=O)N2CCCCO2)C1. The summed E-state index contributed by atoms with van der Waals surface area (Å²) in [6.45, 7) is 2.83. The lowest BCUT2D eigenvalue weighted by Crippen LogP contribution is -2.45. The average molecular weight is 332 g/mol. The summed E-state index contributed by atoms with van der Waals surface area (Å²) in [5, 5.41) is 1.46. The highest BCUT2D eigenvalue weighted by Crippen LogP contribution is 2.36. The molecule has 0 spiro atoms. The van der Waals surface area contributed by atoms with Crippen molar-refractivity contribution in [2.75, 3.05) is 39.1 Å². The number of hydrogen-bond donors (Lipinski definition) is 0. The van der Waals surface area contributed by atoms with Crippen LogP contribution in [0.4, 0.5) is 0 Å². The minimum absolute atomic E-state index is 0.0177. The fraction of sp³-hybridized carbons (Fsp3) is 0.929. The van der Waals surface area contributed by atoms with Crippen LogP contribution >= 0.6 is 0 Å². The van der Waals surface area contributed by atoms with Gasteiger partial charge in [-0.25, -0.2) is 17.8 Å². The highest BCUT2D eigenvalue weighted by molar-refractivity contribution is 7.88. The van der Waals surface area contributed by atoms with Crippen molar-refractivity contribution < 1.29 is 22.8 Å². The Labute approximate surface area is 131 Å². The molecule has 7 nitrogen and oxygen atoms in total. The molecule has 3 saturated heterocycles. The molecule has 126 valence electrons. The first-order chi connectivity index (χ1) is 10.4. The summed E-state index contributed by atoms with van der Waals surface area (Å²) in [7, 11) is -3.14. The fourth-order valence-electron chi connectivity index (χ4n) is 3.63. The highest BCUT2D eigenvalue weighted by atomic mass is 32.2. The summed E-state index contributed by atoms with van der Waals surface area (Å²) < 4.78 is 30.6. The molecule has 0 aliphatic carbocycles. The van der Waals surface area contributed by atoms with E-state index in [9.17, 15) is 13.2 Å². The van der Waals surface area contributed by atoms with Crippen LogP contribution in [0.1, 0.15) is 25.7 Å². The summed E-state index contributed by atoms with van der Waals surface area (Å²) in [6.07, 6.45) is 4.21. The number of hydroxylamine groups is 2. The van der Waals surface area contributed by atoms with Crippen LogP contribution < -0.4 is 0 Å². The van der Waals surface area contributed by atoms with Crippen molar-refractivity contribution in [1.29, 1.82) is 0 Å². The molecule has 22 heavy (non-hydrogen) atoms. The summed E-state index contributed by atoms with van der Waals surface area (Å²) in [5.41, 5.74) is 0. The van der Waals surface area contributed by atoms with E-state index in [1.165, 1.54) is 15.6 Å². The van der Waals surface area contributed by atoms with Crippen molar-refractivity contribution in [2.45, 2.75) is 31.8 Å². The summed E-state index contributed by atoms with van der Waals surface area (Å²) in [4.78, 5) is 17.7. The van der Waals surface area contributed by atoms with Gasteiger partial charge in [0.2, 0.25) is 15.9 Å². The predicted molar refractivity (Wildman–Crippen MR) is 79.3 cm³/mol. The molecule has 3 atom stereocenters. The first-order valence-corrected chi connectivity index (χ1v) is 9.80. The first-order valence-electron chi connectivity index (χ1n) is 7.95. The monoisotopic (exact) mass is 332 g/mol. The van der Waals surface area contributed by atoms with E-state index in [4.69, 9.17) is 9.57 Å². The zero-order chi connectivity index (χ0) is 15.7. The number of carbonyl (C=O) groups is 1. The fourth-order valence-corrected chi connectivity index (χ4v) is 4.53. The number of fused-ring (bicyclic) bond motifs is 1. The molecule has 3 aliphatic rings. The zero-order valence-electron chi connectivity index (χ0n) is 12.9. The van der Waals surface area contributed by atoms with Crippen molar-refractivity contribution in [3.8, 4) is 0 Å². The van der Waals surface area contributed by atoms with E-state index in [1.807, 2.05) is 0 Å². The molecule has 0 aromatic carbocycles. The van der Waals surface area contributed by atoms with Crippen molar-refractivity contribution >= 4 is 15.9 Å². The van der Waals surface area contributed by atoms with Gasteiger partial charge >= 0.3 is 0 Å². The number of rotatable bonds is 3. The van der Waals surface area contributed by atoms with E-state index in [1.54, 1.807) is 0 Å². The maximum atomic E-state index is 12.3. The highest BCUT2D eigenvalue weighted by Gasteiger charge is 2.43. The van der Waals surface area contributed by atoms with Crippen LogP contribution in [0, 0.1) is 11.8 Å². The van der Waals surface area contributed by atoms with Gasteiger partial charge in [0.1, 0.15) is 0 Å². The minimum atomic E-state index is -3.14. The number of sulfonamides is 1. The molecule has 0 aromatic heterocycles. The third-order valence-electron chi connectivity index (χ3n) is 4.88. The number of hydrogen-bond acceptors (Lipinski definition) is 5. The average Bonchev–Trinajstić information content (AvgIpc) is 2.89. The van der Waals surface area contributed by atoms with Gasteiger partial charge < -0.3 is 4.74 Å². The normalized spacial score (nSPS) is 33.7. The predicted octanol–water partition coefficient (Wildman–Crippen LogP) is 0.227. The van der Waals surface area contributed by atoms with Crippen molar-refractivity contribution in [3.63, 3.8) is 0 Å². The van der Waals surface area contributed by atoms with Crippen LogP contribution in [0.15, 0.2) is 0 Å². The third kappa shape index (κ3) is 3.45. The maximum absolute atomic E-state index is 12.3. The van der Waals surface area contributed by atoms with E-state index in [0.717, 1.165) is 19.3 Å². The maximum Gasteiger partial charge on any atom is 0.248 e. The Morgan fingerprint density at radius 2 is 2.09 bits per heavy atom. The summed E-state index contributed by atoms with van der Waals surface area (Å²) >= 11 is 0. The van der Waals surface area contributed by atoms with Gasteiger partial charge in [-0.05, 0) is 25.2 Å². The summed E-state index contributed by atoms with van der Waals surface area (Å²) in [5.74, 6) is 0.450. The smallest absolute Gasteiger partial charge is 0.248 e. The molecule has 0 unspecified atom stereocenters. The Morgan fingerprint density at radius 1 is 1.27 bits per heavy atom.